The molecular weight excluding hydrogens is 342 g/mol. The van der Waals surface area contributed by atoms with E-state index in [0.717, 1.165) is 29.7 Å². The molecule has 3 rings (SSSR count). The van der Waals surface area contributed by atoms with Crippen molar-refractivity contribution >= 4 is 23.3 Å². The van der Waals surface area contributed by atoms with Crippen LogP contribution in [0.1, 0.15) is 30.4 Å². The summed E-state index contributed by atoms with van der Waals surface area (Å²) in [5.41, 5.74) is 3.52. The first-order valence-electron chi connectivity index (χ1n) is 9.18. The fourth-order valence-corrected chi connectivity index (χ4v) is 2.61. The van der Waals surface area contributed by atoms with Crippen LogP contribution in [0.25, 0.3) is 0 Å². The molecule has 6 nitrogen and oxygen atoms in total. The molecule has 1 aliphatic carbocycles. The van der Waals surface area contributed by atoms with E-state index in [0.29, 0.717) is 24.0 Å². The number of hydrogen-bond donors (Lipinski definition) is 3. The van der Waals surface area contributed by atoms with Crippen molar-refractivity contribution in [2.24, 2.45) is 0 Å². The second-order valence-corrected chi connectivity index (χ2v) is 6.80. The number of anilines is 2. The fraction of sp³-hybridized carbons (Fsp3) is 0.333. The van der Waals surface area contributed by atoms with E-state index in [1.165, 1.54) is 0 Å². The average Bonchev–Trinajstić information content (AvgIpc) is 3.42. The van der Waals surface area contributed by atoms with Crippen LogP contribution in [-0.4, -0.2) is 24.6 Å². The minimum atomic E-state index is -0.220. The monoisotopic (exact) mass is 367 g/mol. The van der Waals surface area contributed by atoms with Crippen LogP contribution < -0.4 is 20.7 Å². The van der Waals surface area contributed by atoms with Crippen LogP contribution in [0.5, 0.6) is 5.75 Å². The maximum absolute atomic E-state index is 12.2. The highest BCUT2D eigenvalue weighted by atomic mass is 16.5. The Bertz CT molecular complexity index is 831. The summed E-state index contributed by atoms with van der Waals surface area (Å²) < 4.78 is 5.72. The zero-order valence-corrected chi connectivity index (χ0v) is 15.7. The molecule has 0 spiro atoms. The Morgan fingerprint density at radius 3 is 2.48 bits per heavy atom. The maximum atomic E-state index is 12.2. The molecule has 1 saturated carbocycles. The molecule has 3 N–H and O–H groups in total. The van der Waals surface area contributed by atoms with E-state index in [2.05, 4.69) is 16.0 Å². The molecule has 2 aromatic carbocycles. The summed E-state index contributed by atoms with van der Waals surface area (Å²) in [6.07, 6.45) is 2.31. The van der Waals surface area contributed by atoms with Gasteiger partial charge in [0.15, 0.2) is 0 Å². The molecule has 1 aliphatic rings. The Hall–Kier alpha value is -3.02. The first-order chi connectivity index (χ1) is 13.0. The lowest BCUT2D eigenvalue weighted by Crippen LogP contribution is -2.30. The molecule has 3 amide bonds. The number of carbonyl (C=O) groups excluding carboxylic acids is 2. The lowest BCUT2D eigenvalue weighted by molar-refractivity contribution is -0.116. The predicted octanol–water partition coefficient (Wildman–Crippen LogP) is 3.99. The van der Waals surface area contributed by atoms with E-state index in [-0.39, 0.29) is 18.4 Å². The van der Waals surface area contributed by atoms with Crippen LogP contribution in [0, 0.1) is 13.8 Å². The average molecular weight is 367 g/mol. The molecule has 1 fully saturated rings. The second-order valence-electron chi connectivity index (χ2n) is 6.80. The molecule has 2 aromatic rings. The number of aryl methyl sites for hydroxylation is 1. The molecule has 6 heteroatoms. The van der Waals surface area contributed by atoms with Crippen LogP contribution in [0.4, 0.5) is 16.2 Å². The van der Waals surface area contributed by atoms with E-state index < -0.39 is 0 Å². The number of rotatable bonds is 7. The summed E-state index contributed by atoms with van der Waals surface area (Å²) in [6.45, 7) is 4.33. The lowest BCUT2D eigenvalue weighted by atomic mass is 10.1. The largest absolute Gasteiger partial charge is 0.493 e. The van der Waals surface area contributed by atoms with Gasteiger partial charge >= 0.3 is 6.03 Å². The van der Waals surface area contributed by atoms with Crippen molar-refractivity contribution in [3.63, 3.8) is 0 Å². The summed E-state index contributed by atoms with van der Waals surface area (Å²) in [5.74, 6) is 0.663. The Labute approximate surface area is 159 Å². The summed E-state index contributed by atoms with van der Waals surface area (Å²) >= 11 is 0. The molecule has 0 atom stereocenters. The van der Waals surface area contributed by atoms with Gasteiger partial charge in [0.25, 0.3) is 0 Å². The fourth-order valence-electron chi connectivity index (χ4n) is 2.61. The van der Waals surface area contributed by atoms with Gasteiger partial charge in [-0.15, -0.1) is 0 Å². The van der Waals surface area contributed by atoms with Gasteiger partial charge in [-0.2, -0.15) is 0 Å². The van der Waals surface area contributed by atoms with Crippen LogP contribution >= 0.6 is 0 Å². The summed E-state index contributed by atoms with van der Waals surface area (Å²) in [7, 11) is 0. The Balaban J connectivity index is 1.46. The molecule has 27 heavy (non-hydrogen) atoms. The van der Waals surface area contributed by atoms with Crippen molar-refractivity contribution < 1.29 is 14.3 Å². The number of carbonyl (C=O) groups is 2. The van der Waals surface area contributed by atoms with Gasteiger partial charge in [0.1, 0.15) is 5.75 Å². The van der Waals surface area contributed by atoms with Crippen molar-refractivity contribution in [1.29, 1.82) is 0 Å². The first kappa shape index (κ1) is 18.8. The van der Waals surface area contributed by atoms with Gasteiger partial charge in [0.2, 0.25) is 5.91 Å². The summed E-state index contributed by atoms with van der Waals surface area (Å²) in [6, 6.07) is 13.0. The van der Waals surface area contributed by atoms with Crippen LogP contribution in [0.15, 0.2) is 42.5 Å². The predicted molar refractivity (Wildman–Crippen MR) is 106 cm³/mol. The lowest BCUT2D eigenvalue weighted by Gasteiger charge is -2.11. The molecule has 0 aliphatic heterocycles. The maximum Gasteiger partial charge on any atom is 0.319 e. The number of urea groups is 1. The number of benzene rings is 2. The zero-order valence-electron chi connectivity index (χ0n) is 15.7. The number of nitrogens with one attached hydrogen (secondary N) is 3. The standard InChI is InChI=1S/C21H25N3O3/c1-14-5-3-8-19(15(14)2)27-12-11-20(25)22-17-6-4-7-18(13-17)24-21(26)23-16-9-10-16/h3-8,13,16H,9-12H2,1-2H3,(H,22,25)(H2,23,24,26). The van der Waals surface area contributed by atoms with Crippen molar-refractivity contribution in [3.05, 3.63) is 53.6 Å². The van der Waals surface area contributed by atoms with Crippen molar-refractivity contribution in [3.8, 4) is 5.75 Å². The molecular formula is C21H25N3O3. The zero-order chi connectivity index (χ0) is 19.2. The summed E-state index contributed by atoms with van der Waals surface area (Å²) in [5, 5.41) is 8.47. The second kappa shape index (κ2) is 8.58. The van der Waals surface area contributed by atoms with Crippen LogP contribution in [0.2, 0.25) is 0 Å². The molecule has 142 valence electrons. The Kier molecular flexibility index (Phi) is 5.96. The molecule has 0 heterocycles. The number of amides is 3. The number of hydrogen-bond acceptors (Lipinski definition) is 3. The molecule has 0 bridgehead atoms. The highest BCUT2D eigenvalue weighted by Gasteiger charge is 2.23. The van der Waals surface area contributed by atoms with E-state index in [4.69, 9.17) is 4.74 Å². The van der Waals surface area contributed by atoms with E-state index in [1.54, 1.807) is 24.3 Å². The molecule has 0 saturated heterocycles. The topological polar surface area (TPSA) is 79.5 Å². The molecule has 0 unspecified atom stereocenters. The SMILES string of the molecule is Cc1cccc(OCCC(=O)Nc2cccc(NC(=O)NC3CC3)c2)c1C. The minimum absolute atomic E-state index is 0.139. The van der Waals surface area contributed by atoms with E-state index in [1.807, 2.05) is 32.0 Å². The van der Waals surface area contributed by atoms with Gasteiger partial charge in [-0.1, -0.05) is 18.2 Å². The quantitative estimate of drug-likeness (QED) is 0.692. The van der Waals surface area contributed by atoms with Gasteiger partial charge in [-0.3, -0.25) is 4.79 Å². The van der Waals surface area contributed by atoms with Gasteiger partial charge in [0.05, 0.1) is 13.0 Å². The van der Waals surface area contributed by atoms with Gasteiger partial charge in [0, 0.05) is 17.4 Å². The van der Waals surface area contributed by atoms with Crippen LogP contribution in [0.3, 0.4) is 0 Å². The van der Waals surface area contributed by atoms with Gasteiger partial charge in [-0.05, 0) is 62.1 Å². The van der Waals surface area contributed by atoms with E-state index >= 15 is 0 Å². The minimum Gasteiger partial charge on any atom is -0.493 e. The van der Waals surface area contributed by atoms with Crippen molar-refractivity contribution in [2.45, 2.75) is 39.2 Å². The third-order valence-corrected chi connectivity index (χ3v) is 4.46. The highest BCUT2D eigenvalue weighted by Crippen LogP contribution is 2.21. The van der Waals surface area contributed by atoms with Crippen molar-refractivity contribution in [1.82, 2.24) is 5.32 Å². The first-order valence-corrected chi connectivity index (χ1v) is 9.18. The molecule has 0 aromatic heterocycles. The molecule has 0 radical (unpaired) electrons. The summed E-state index contributed by atoms with van der Waals surface area (Å²) in [4.78, 5) is 23.9. The smallest absolute Gasteiger partial charge is 0.319 e. The Morgan fingerprint density at radius 1 is 1.04 bits per heavy atom. The van der Waals surface area contributed by atoms with Gasteiger partial charge in [-0.25, -0.2) is 4.79 Å². The van der Waals surface area contributed by atoms with E-state index in [9.17, 15) is 9.59 Å². The Morgan fingerprint density at radius 2 is 1.74 bits per heavy atom. The number of ether oxygens (including phenoxy) is 1. The normalized spacial score (nSPS) is 13.0. The van der Waals surface area contributed by atoms with Crippen LogP contribution in [-0.2, 0) is 4.79 Å². The van der Waals surface area contributed by atoms with Crippen molar-refractivity contribution in [2.75, 3.05) is 17.2 Å². The highest BCUT2D eigenvalue weighted by molar-refractivity contribution is 5.93. The third-order valence-electron chi connectivity index (χ3n) is 4.46. The third kappa shape index (κ3) is 5.74. The van der Waals surface area contributed by atoms with Gasteiger partial charge < -0.3 is 20.7 Å².